The van der Waals surface area contributed by atoms with Crippen molar-refractivity contribution in [2.75, 3.05) is 0 Å². The van der Waals surface area contributed by atoms with Gasteiger partial charge in [0.2, 0.25) is 0 Å². The molecule has 0 saturated heterocycles. The minimum Gasteiger partial charge on any atom is -0.391 e. The lowest BCUT2D eigenvalue weighted by Gasteiger charge is -2.28. The summed E-state index contributed by atoms with van der Waals surface area (Å²) in [5, 5.41) is 25.8. The molecule has 6 nitrogen and oxygen atoms in total. The molecule has 1 heterocycles. The molecule has 0 aliphatic heterocycles. The molecule has 6 heteroatoms. The summed E-state index contributed by atoms with van der Waals surface area (Å²) in [6.07, 6.45) is 4.32. The third-order valence-corrected chi connectivity index (χ3v) is 3.91. The summed E-state index contributed by atoms with van der Waals surface area (Å²) in [4.78, 5) is 10.9. The second-order valence-corrected chi connectivity index (χ2v) is 5.07. The van der Waals surface area contributed by atoms with Crippen molar-refractivity contribution in [1.29, 1.82) is 0 Å². The minimum atomic E-state index is -0.441. The number of aliphatic hydroxyl groups is 1. The van der Waals surface area contributed by atoms with Gasteiger partial charge in [-0.25, -0.2) is 0 Å². The molecule has 1 aromatic rings. The lowest BCUT2D eigenvalue weighted by Crippen LogP contribution is -2.29. The number of nitrogens with zero attached hydrogens (tertiary/aromatic N) is 3. The summed E-state index contributed by atoms with van der Waals surface area (Å²) in [5.41, 5.74) is 1.31. The average Bonchev–Trinajstić information content (AvgIpc) is 2.77. The van der Waals surface area contributed by atoms with E-state index in [1.165, 1.54) is 0 Å². The van der Waals surface area contributed by atoms with Gasteiger partial charge in [-0.1, -0.05) is 26.7 Å². The van der Waals surface area contributed by atoms with E-state index in [1.54, 1.807) is 4.68 Å². The van der Waals surface area contributed by atoms with Gasteiger partial charge in [0.05, 0.1) is 17.1 Å². The minimum absolute atomic E-state index is 0.109. The first-order valence-electron chi connectivity index (χ1n) is 7.02. The van der Waals surface area contributed by atoms with Gasteiger partial charge in [0, 0.05) is 0 Å². The Morgan fingerprint density at radius 1 is 1.37 bits per heavy atom. The van der Waals surface area contributed by atoms with Gasteiger partial charge in [-0.3, -0.25) is 14.8 Å². The van der Waals surface area contributed by atoms with E-state index >= 15 is 0 Å². The van der Waals surface area contributed by atoms with Crippen LogP contribution in [0.4, 0.5) is 5.69 Å². The van der Waals surface area contributed by atoms with E-state index in [2.05, 4.69) is 5.10 Å². The first kappa shape index (κ1) is 14.0. The molecular formula is C13H21N3O3. The molecule has 0 spiro atoms. The predicted molar refractivity (Wildman–Crippen MR) is 71.1 cm³/mol. The van der Waals surface area contributed by atoms with Crippen LogP contribution < -0.4 is 0 Å². The Bertz CT molecular complexity index is 470. The van der Waals surface area contributed by atoms with E-state index in [9.17, 15) is 15.2 Å². The summed E-state index contributed by atoms with van der Waals surface area (Å²) < 4.78 is 1.72. The quantitative estimate of drug-likeness (QED) is 0.671. The molecule has 0 amide bonds. The Morgan fingerprint density at radius 2 is 2.05 bits per heavy atom. The van der Waals surface area contributed by atoms with E-state index in [0.29, 0.717) is 24.2 Å². The van der Waals surface area contributed by atoms with Gasteiger partial charge in [-0.2, -0.15) is 5.10 Å². The number of rotatable bonds is 4. The third kappa shape index (κ3) is 2.49. The molecule has 1 saturated carbocycles. The highest BCUT2D eigenvalue weighted by Gasteiger charge is 2.32. The number of aromatic nitrogens is 2. The standard InChI is InChI=1S/C13H21N3O3/c1-3-9-13(16(18)19)10(4-2)15(14-9)11-7-5-6-8-12(11)17/h11-12,17H,3-8H2,1-2H3/t11-,12-/m0/s1. The van der Waals surface area contributed by atoms with Crippen molar-refractivity contribution >= 4 is 5.69 Å². The van der Waals surface area contributed by atoms with Crippen LogP contribution in [0.1, 0.15) is 57.0 Å². The van der Waals surface area contributed by atoms with E-state index in [0.717, 1.165) is 25.7 Å². The second-order valence-electron chi connectivity index (χ2n) is 5.07. The molecule has 0 radical (unpaired) electrons. The largest absolute Gasteiger partial charge is 0.391 e. The first-order valence-corrected chi connectivity index (χ1v) is 7.02. The molecule has 1 N–H and O–H groups in total. The molecule has 0 unspecified atom stereocenters. The molecule has 0 bridgehead atoms. The fourth-order valence-corrected chi connectivity index (χ4v) is 2.94. The Hall–Kier alpha value is -1.43. The fraction of sp³-hybridized carbons (Fsp3) is 0.769. The molecular weight excluding hydrogens is 246 g/mol. The predicted octanol–water partition coefficient (Wildman–Crippen LogP) is 2.39. The van der Waals surface area contributed by atoms with Gasteiger partial charge in [0.15, 0.2) is 0 Å². The lowest BCUT2D eigenvalue weighted by molar-refractivity contribution is -0.386. The van der Waals surface area contributed by atoms with E-state index < -0.39 is 6.10 Å². The lowest BCUT2D eigenvalue weighted by atomic mass is 9.92. The van der Waals surface area contributed by atoms with Crippen LogP contribution in [0.15, 0.2) is 0 Å². The van der Waals surface area contributed by atoms with Gasteiger partial charge in [0.25, 0.3) is 0 Å². The zero-order valence-electron chi connectivity index (χ0n) is 11.5. The van der Waals surface area contributed by atoms with Crippen LogP contribution in [0, 0.1) is 10.1 Å². The summed E-state index contributed by atoms with van der Waals surface area (Å²) in [6, 6.07) is -0.109. The molecule has 2 rings (SSSR count). The Kier molecular flexibility index (Phi) is 4.19. The molecule has 19 heavy (non-hydrogen) atoms. The van der Waals surface area contributed by atoms with Crippen LogP contribution in [-0.2, 0) is 12.8 Å². The molecule has 1 aliphatic carbocycles. The van der Waals surface area contributed by atoms with Crippen LogP contribution in [0.5, 0.6) is 0 Å². The molecule has 2 atom stereocenters. The summed E-state index contributed by atoms with van der Waals surface area (Å²) in [6.45, 7) is 3.77. The molecule has 106 valence electrons. The van der Waals surface area contributed by atoms with Crippen molar-refractivity contribution in [3.05, 3.63) is 21.5 Å². The van der Waals surface area contributed by atoms with Crippen molar-refractivity contribution in [3.8, 4) is 0 Å². The van der Waals surface area contributed by atoms with Gasteiger partial charge in [0.1, 0.15) is 11.4 Å². The van der Waals surface area contributed by atoms with E-state index in [-0.39, 0.29) is 16.7 Å². The number of aryl methyl sites for hydroxylation is 1. The third-order valence-electron chi connectivity index (χ3n) is 3.91. The number of nitro groups is 1. The monoisotopic (exact) mass is 267 g/mol. The maximum atomic E-state index is 11.2. The fourth-order valence-electron chi connectivity index (χ4n) is 2.94. The van der Waals surface area contributed by atoms with Crippen molar-refractivity contribution in [1.82, 2.24) is 9.78 Å². The number of hydrogen-bond acceptors (Lipinski definition) is 4. The summed E-state index contributed by atoms with van der Waals surface area (Å²) in [5.74, 6) is 0. The van der Waals surface area contributed by atoms with Crippen molar-refractivity contribution in [2.24, 2.45) is 0 Å². The van der Waals surface area contributed by atoms with Crippen molar-refractivity contribution < 1.29 is 10.0 Å². The van der Waals surface area contributed by atoms with Crippen molar-refractivity contribution in [3.63, 3.8) is 0 Å². The normalized spacial score (nSPS) is 23.5. The van der Waals surface area contributed by atoms with Crippen LogP contribution in [0.3, 0.4) is 0 Å². The topological polar surface area (TPSA) is 81.2 Å². The van der Waals surface area contributed by atoms with Crippen LogP contribution in [0.25, 0.3) is 0 Å². The van der Waals surface area contributed by atoms with Gasteiger partial charge < -0.3 is 5.11 Å². The van der Waals surface area contributed by atoms with Gasteiger partial charge in [-0.05, 0) is 25.7 Å². The maximum absolute atomic E-state index is 11.2. The van der Waals surface area contributed by atoms with Crippen LogP contribution in [0.2, 0.25) is 0 Å². The zero-order valence-corrected chi connectivity index (χ0v) is 11.5. The smallest absolute Gasteiger partial charge is 0.313 e. The number of aliphatic hydroxyl groups excluding tert-OH is 1. The first-order chi connectivity index (χ1) is 9.10. The Morgan fingerprint density at radius 3 is 2.58 bits per heavy atom. The summed E-state index contributed by atoms with van der Waals surface area (Å²) in [7, 11) is 0. The van der Waals surface area contributed by atoms with E-state index in [4.69, 9.17) is 0 Å². The highest BCUT2D eigenvalue weighted by Crippen LogP contribution is 2.34. The maximum Gasteiger partial charge on any atom is 0.313 e. The SMILES string of the molecule is CCc1nn([C@H]2CCCC[C@@H]2O)c(CC)c1[N+](=O)[O-]. The summed E-state index contributed by atoms with van der Waals surface area (Å²) >= 11 is 0. The van der Waals surface area contributed by atoms with Gasteiger partial charge in [-0.15, -0.1) is 0 Å². The second kappa shape index (κ2) is 5.69. The molecule has 0 aromatic carbocycles. The average molecular weight is 267 g/mol. The van der Waals surface area contributed by atoms with Crippen LogP contribution >= 0.6 is 0 Å². The Balaban J connectivity index is 2.47. The molecule has 1 fully saturated rings. The highest BCUT2D eigenvalue weighted by molar-refractivity contribution is 5.41. The van der Waals surface area contributed by atoms with Gasteiger partial charge >= 0.3 is 5.69 Å². The van der Waals surface area contributed by atoms with E-state index in [1.807, 2.05) is 13.8 Å². The van der Waals surface area contributed by atoms with Crippen molar-refractivity contribution in [2.45, 2.75) is 64.5 Å². The number of hydrogen-bond donors (Lipinski definition) is 1. The molecule has 1 aromatic heterocycles. The Labute approximate surface area is 112 Å². The molecule has 1 aliphatic rings. The highest BCUT2D eigenvalue weighted by atomic mass is 16.6. The van der Waals surface area contributed by atoms with Crippen LogP contribution in [-0.4, -0.2) is 25.9 Å². The zero-order chi connectivity index (χ0) is 14.0.